The average molecular weight is 206 g/mol. The first-order valence-corrected chi connectivity index (χ1v) is 5.18. The number of hydrogen-bond donors (Lipinski definition) is 1. The highest BCUT2D eigenvalue weighted by Crippen LogP contribution is 2.05. The molecule has 1 heterocycles. The quantitative estimate of drug-likeness (QED) is 0.549. The molecule has 0 unspecified atom stereocenters. The van der Waals surface area contributed by atoms with Crippen LogP contribution in [0.1, 0.15) is 12.1 Å². The van der Waals surface area contributed by atoms with Gasteiger partial charge in [0.05, 0.1) is 13.2 Å². The highest BCUT2D eigenvalue weighted by atomic mass is 16.5. The molecule has 0 aliphatic carbocycles. The van der Waals surface area contributed by atoms with Crippen LogP contribution in [0, 0.1) is 6.92 Å². The molecular weight excluding hydrogens is 188 g/mol. The minimum Gasteiger partial charge on any atom is -0.383 e. The summed E-state index contributed by atoms with van der Waals surface area (Å²) < 4.78 is 5.38. The minimum absolute atomic E-state index is 0.717. The Kier molecular flexibility index (Phi) is 5.48. The van der Waals surface area contributed by atoms with Gasteiger partial charge in [-0.25, -0.2) is 0 Å². The summed E-state index contributed by atoms with van der Waals surface area (Å²) in [5.74, 6) is 0. The largest absolute Gasteiger partial charge is 0.383 e. The molecule has 3 nitrogen and oxygen atoms in total. The summed E-state index contributed by atoms with van der Waals surface area (Å²) >= 11 is 0. The minimum atomic E-state index is 0.717. The third kappa shape index (κ3) is 5.18. The summed E-state index contributed by atoms with van der Waals surface area (Å²) in [7, 11) is 0. The second-order valence-electron chi connectivity index (χ2n) is 3.30. The van der Waals surface area contributed by atoms with E-state index in [1.54, 1.807) is 6.20 Å². The van der Waals surface area contributed by atoms with Gasteiger partial charge in [-0.15, -0.1) is 6.58 Å². The Balaban J connectivity index is 2.12. The van der Waals surface area contributed by atoms with E-state index in [0.717, 1.165) is 37.6 Å². The summed E-state index contributed by atoms with van der Waals surface area (Å²) in [6.45, 7) is 7.90. The predicted molar refractivity (Wildman–Crippen MR) is 63.1 cm³/mol. The van der Waals surface area contributed by atoms with Crippen molar-refractivity contribution in [2.24, 2.45) is 0 Å². The maximum absolute atomic E-state index is 5.38. The van der Waals surface area contributed by atoms with Crippen molar-refractivity contribution in [1.29, 1.82) is 0 Å². The lowest BCUT2D eigenvalue weighted by atomic mass is 10.3. The van der Waals surface area contributed by atoms with Gasteiger partial charge in [0.2, 0.25) is 0 Å². The van der Waals surface area contributed by atoms with Crippen molar-refractivity contribution in [2.75, 3.05) is 25.1 Å². The fourth-order valence-corrected chi connectivity index (χ4v) is 1.19. The van der Waals surface area contributed by atoms with Crippen molar-refractivity contribution in [3.63, 3.8) is 0 Å². The molecule has 0 bridgehead atoms. The molecule has 0 atom stereocenters. The Hall–Kier alpha value is -1.35. The number of ether oxygens (including phenoxy) is 1. The molecule has 1 aromatic rings. The number of rotatable bonds is 7. The van der Waals surface area contributed by atoms with E-state index in [2.05, 4.69) is 16.9 Å². The van der Waals surface area contributed by atoms with Gasteiger partial charge in [-0.2, -0.15) is 0 Å². The number of aryl methyl sites for hydroxylation is 1. The van der Waals surface area contributed by atoms with Crippen LogP contribution in [0.5, 0.6) is 0 Å². The van der Waals surface area contributed by atoms with Crippen LogP contribution in [0.15, 0.2) is 31.0 Å². The fraction of sp³-hybridized carbons (Fsp3) is 0.417. The van der Waals surface area contributed by atoms with Gasteiger partial charge in [-0.05, 0) is 25.5 Å². The highest BCUT2D eigenvalue weighted by Gasteiger charge is 1.92. The van der Waals surface area contributed by atoms with E-state index in [9.17, 15) is 0 Å². The molecule has 0 radical (unpaired) electrons. The molecule has 0 saturated heterocycles. The molecule has 0 aliphatic rings. The van der Waals surface area contributed by atoms with E-state index >= 15 is 0 Å². The summed E-state index contributed by atoms with van der Waals surface area (Å²) in [4.78, 5) is 4.13. The molecular formula is C12H18N2O. The fourth-order valence-electron chi connectivity index (χ4n) is 1.19. The Morgan fingerprint density at radius 1 is 1.53 bits per heavy atom. The molecule has 1 rings (SSSR count). The lowest BCUT2D eigenvalue weighted by Crippen LogP contribution is -2.09. The van der Waals surface area contributed by atoms with Gasteiger partial charge in [-0.1, -0.05) is 6.08 Å². The second kappa shape index (κ2) is 7.01. The van der Waals surface area contributed by atoms with Gasteiger partial charge in [0.25, 0.3) is 0 Å². The lowest BCUT2D eigenvalue weighted by molar-refractivity contribution is 0.149. The molecule has 3 heteroatoms. The zero-order valence-electron chi connectivity index (χ0n) is 9.20. The molecule has 0 amide bonds. The molecule has 0 fully saturated rings. The number of pyridine rings is 1. The van der Waals surface area contributed by atoms with Crippen molar-refractivity contribution in [1.82, 2.24) is 4.98 Å². The maximum atomic E-state index is 5.38. The third-order valence-corrected chi connectivity index (χ3v) is 1.94. The molecule has 1 aromatic heterocycles. The zero-order chi connectivity index (χ0) is 10.9. The number of aromatic nitrogens is 1. The van der Waals surface area contributed by atoms with Gasteiger partial charge in [0.15, 0.2) is 0 Å². The van der Waals surface area contributed by atoms with Gasteiger partial charge in [0, 0.05) is 24.1 Å². The second-order valence-corrected chi connectivity index (χ2v) is 3.30. The van der Waals surface area contributed by atoms with Gasteiger partial charge in [0.1, 0.15) is 0 Å². The SMILES string of the molecule is C=CCCOCCNc1ccnc(C)c1. The number of nitrogens with one attached hydrogen (secondary N) is 1. The molecule has 0 saturated carbocycles. The van der Waals surface area contributed by atoms with Gasteiger partial charge < -0.3 is 10.1 Å². The van der Waals surface area contributed by atoms with Crippen LogP contribution in [-0.4, -0.2) is 24.7 Å². The van der Waals surface area contributed by atoms with E-state index in [-0.39, 0.29) is 0 Å². The summed E-state index contributed by atoms with van der Waals surface area (Å²) in [5.41, 5.74) is 2.11. The predicted octanol–water partition coefficient (Wildman–Crippen LogP) is 2.39. The topological polar surface area (TPSA) is 34.1 Å². The Bertz CT molecular complexity index is 299. The van der Waals surface area contributed by atoms with Crippen molar-refractivity contribution >= 4 is 5.69 Å². The van der Waals surface area contributed by atoms with Crippen molar-refractivity contribution in [3.8, 4) is 0 Å². The molecule has 15 heavy (non-hydrogen) atoms. The molecule has 0 aliphatic heterocycles. The average Bonchev–Trinajstić information content (AvgIpc) is 2.23. The van der Waals surface area contributed by atoms with Crippen LogP contribution in [0.25, 0.3) is 0 Å². The van der Waals surface area contributed by atoms with Crippen LogP contribution in [0.3, 0.4) is 0 Å². The van der Waals surface area contributed by atoms with Crippen LogP contribution >= 0.6 is 0 Å². The van der Waals surface area contributed by atoms with E-state index in [4.69, 9.17) is 4.74 Å². The summed E-state index contributed by atoms with van der Waals surface area (Å²) in [6.07, 6.45) is 4.57. The highest BCUT2D eigenvalue weighted by molar-refractivity contribution is 5.42. The molecule has 82 valence electrons. The Morgan fingerprint density at radius 3 is 3.13 bits per heavy atom. The number of hydrogen-bond acceptors (Lipinski definition) is 3. The van der Waals surface area contributed by atoms with Crippen LogP contribution in [-0.2, 0) is 4.74 Å². The monoisotopic (exact) mass is 206 g/mol. The Morgan fingerprint density at radius 2 is 2.40 bits per heavy atom. The molecule has 0 spiro atoms. The standard InChI is InChI=1S/C12H18N2O/c1-3-4-8-15-9-7-14-12-5-6-13-11(2)10-12/h3,5-6,10H,1,4,7-9H2,2H3,(H,13,14). The number of nitrogens with zero attached hydrogens (tertiary/aromatic N) is 1. The van der Waals surface area contributed by atoms with Gasteiger partial charge in [-0.3, -0.25) is 4.98 Å². The maximum Gasteiger partial charge on any atom is 0.0639 e. The summed E-state index contributed by atoms with van der Waals surface area (Å²) in [6, 6.07) is 3.97. The van der Waals surface area contributed by atoms with Crippen molar-refractivity contribution < 1.29 is 4.74 Å². The van der Waals surface area contributed by atoms with Crippen molar-refractivity contribution in [3.05, 3.63) is 36.7 Å². The van der Waals surface area contributed by atoms with E-state index in [1.165, 1.54) is 0 Å². The lowest BCUT2D eigenvalue weighted by Gasteiger charge is -2.06. The van der Waals surface area contributed by atoms with E-state index < -0.39 is 0 Å². The third-order valence-electron chi connectivity index (χ3n) is 1.94. The summed E-state index contributed by atoms with van der Waals surface area (Å²) in [5, 5.41) is 3.27. The Labute approximate surface area is 91.2 Å². The first kappa shape index (κ1) is 11.7. The van der Waals surface area contributed by atoms with Crippen LogP contribution < -0.4 is 5.32 Å². The molecule has 1 N–H and O–H groups in total. The van der Waals surface area contributed by atoms with Crippen LogP contribution in [0.2, 0.25) is 0 Å². The smallest absolute Gasteiger partial charge is 0.0639 e. The van der Waals surface area contributed by atoms with Crippen molar-refractivity contribution in [2.45, 2.75) is 13.3 Å². The molecule has 0 aromatic carbocycles. The van der Waals surface area contributed by atoms with E-state index in [1.807, 2.05) is 25.1 Å². The van der Waals surface area contributed by atoms with E-state index in [0.29, 0.717) is 0 Å². The van der Waals surface area contributed by atoms with Crippen LogP contribution in [0.4, 0.5) is 5.69 Å². The number of anilines is 1. The van der Waals surface area contributed by atoms with Gasteiger partial charge >= 0.3 is 0 Å². The first-order valence-electron chi connectivity index (χ1n) is 5.18. The first-order chi connectivity index (χ1) is 7.33. The normalized spacial score (nSPS) is 9.93. The zero-order valence-corrected chi connectivity index (χ0v) is 9.20.